The van der Waals surface area contributed by atoms with Crippen molar-refractivity contribution in [1.29, 1.82) is 0 Å². The number of tetrazole rings is 1. The molecule has 1 N–H and O–H groups in total. The van der Waals surface area contributed by atoms with E-state index in [4.69, 9.17) is 4.74 Å². The highest BCUT2D eigenvalue weighted by Gasteiger charge is 2.13. The smallest absolute Gasteiger partial charge is 0.232 e. The highest BCUT2D eigenvalue weighted by Crippen LogP contribution is 2.15. The fourth-order valence-electron chi connectivity index (χ4n) is 2.19. The number of morpholine rings is 1. The lowest BCUT2D eigenvalue weighted by Gasteiger charge is -2.27. The summed E-state index contributed by atoms with van der Waals surface area (Å²) >= 11 is 0. The van der Waals surface area contributed by atoms with Gasteiger partial charge in [0.15, 0.2) is 5.82 Å². The van der Waals surface area contributed by atoms with Gasteiger partial charge >= 0.3 is 0 Å². The number of pyridine rings is 1. The molecule has 1 aliphatic heterocycles. The molecule has 1 amide bonds. The standard InChI is InChI=1S/C13H17N7O2/c1-19-12(16-17-18-19)8-13(21)15-10-2-3-11(14-9-10)20-4-6-22-7-5-20/h2-3,9H,4-8H2,1H3,(H,15,21). The van der Waals surface area contributed by atoms with E-state index in [1.165, 1.54) is 4.68 Å². The quantitative estimate of drug-likeness (QED) is 0.822. The maximum absolute atomic E-state index is 11.9. The molecule has 0 bridgehead atoms. The number of nitrogens with zero attached hydrogens (tertiary/aromatic N) is 6. The minimum Gasteiger partial charge on any atom is -0.378 e. The summed E-state index contributed by atoms with van der Waals surface area (Å²) in [5, 5.41) is 13.8. The number of carbonyl (C=O) groups excluding carboxylic acids is 1. The molecule has 0 spiro atoms. The molecule has 1 saturated heterocycles. The molecule has 0 radical (unpaired) electrons. The highest BCUT2D eigenvalue weighted by molar-refractivity contribution is 5.91. The Kier molecular flexibility index (Phi) is 4.24. The zero-order chi connectivity index (χ0) is 15.4. The van der Waals surface area contributed by atoms with Crippen molar-refractivity contribution >= 4 is 17.4 Å². The second-order valence-electron chi connectivity index (χ2n) is 4.95. The van der Waals surface area contributed by atoms with Crippen molar-refractivity contribution in [1.82, 2.24) is 25.2 Å². The summed E-state index contributed by atoms with van der Waals surface area (Å²) in [6, 6.07) is 3.73. The number of amides is 1. The first-order chi connectivity index (χ1) is 10.7. The van der Waals surface area contributed by atoms with Crippen LogP contribution in [0.3, 0.4) is 0 Å². The number of nitrogens with one attached hydrogen (secondary N) is 1. The van der Waals surface area contributed by atoms with Gasteiger partial charge in [0, 0.05) is 20.1 Å². The number of anilines is 2. The lowest BCUT2D eigenvalue weighted by Crippen LogP contribution is -2.36. The summed E-state index contributed by atoms with van der Waals surface area (Å²) < 4.78 is 6.78. The Hall–Kier alpha value is -2.55. The second kappa shape index (κ2) is 6.48. The maximum atomic E-state index is 11.9. The highest BCUT2D eigenvalue weighted by atomic mass is 16.5. The molecule has 0 saturated carbocycles. The fraction of sp³-hybridized carbons (Fsp3) is 0.462. The summed E-state index contributed by atoms with van der Waals surface area (Å²) in [7, 11) is 1.70. The first-order valence-electron chi connectivity index (χ1n) is 7.02. The molecular weight excluding hydrogens is 286 g/mol. The Morgan fingerprint density at radius 1 is 1.36 bits per heavy atom. The Balaban J connectivity index is 1.58. The first-order valence-corrected chi connectivity index (χ1v) is 7.02. The number of hydrogen-bond donors (Lipinski definition) is 1. The molecule has 1 fully saturated rings. The van der Waals surface area contributed by atoms with Crippen molar-refractivity contribution in [3.63, 3.8) is 0 Å². The van der Waals surface area contributed by atoms with Crippen LogP contribution in [0.5, 0.6) is 0 Å². The van der Waals surface area contributed by atoms with Gasteiger partial charge in [0.2, 0.25) is 5.91 Å². The van der Waals surface area contributed by atoms with Crippen LogP contribution in [-0.4, -0.2) is 57.4 Å². The van der Waals surface area contributed by atoms with Crippen molar-refractivity contribution in [3.8, 4) is 0 Å². The van der Waals surface area contributed by atoms with Gasteiger partial charge in [-0.15, -0.1) is 5.10 Å². The van der Waals surface area contributed by atoms with Crippen LogP contribution in [0.15, 0.2) is 18.3 Å². The normalized spacial score (nSPS) is 14.9. The van der Waals surface area contributed by atoms with Crippen molar-refractivity contribution < 1.29 is 9.53 Å². The van der Waals surface area contributed by atoms with Gasteiger partial charge in [0.05, 0.1) is 31.5 Å². The molecule has 3 rings (SSSR count). The van der Waals surface area contributed by atoms with Crippen LogP contribution in [0.1, 0.15) is 5.82 Å². The number of hydrogen-bond acceptors (Lipinski definition) is 7. The number of carbonyl (C=O) groups is 1. The molecule has 2 aromatic rings. The van der Waals surface area contributed by atoms with Gasteiger partial charge in [0.25, 0.3) is 0 Å². The van der Waals surface area contributed by atoms with E-state index < -0.39 is 0 Å². The first kappa shape index (κ1) is 14.4. The van der Waals surface area contributed by atoms with Crippen molar-refractivity contribution in [2.24, 2.45) is 7.05 Å². The molecule has 0 atom stereocenters. The van der Waals surface area contributed by atoms with E-state index in [0.29, 0.717) is 24.7 Å². The summed E-state index contributed by atoms with van der Waals surface area (Å²) in [4.78, 5) is 18.5. The average Bonchev–Trinajstić information content (AvgIpc) is 2.94. The number of aryl methyl sites for hydroxylation is 1. The summed E-state index contributed by atoms with van der Waals surface area (Å²) in [6.45, 7) is 3.09. The SMILES string of the molecule is Cn1nnnc1CC(=O)Nc1ccc(N2CCOCC2)nc1. The van der Waals surface area contributed by atoms with Gasteiger partial charge in [-0.3, -0.25) is 4.79 Å². The minimum atomic E-state index is -0.182. The third-order valence-electron chi connectivity index (χ3n) is 3.39. The van der Waals surface area contributed by atoms with E-state index in [0.717, 1.165) is 18.9 Å². The molecule has 0 aliphatic carbocycles. The van der Waals surface area contributed by atoms with Crippen molar-refractivity contribution in [2.45, 2.75) is 6.42 Å². The largest absolute Gasteiger partial charge is 0.378 e. The Bertz CT molecular complexity index is 634. The molecule has 9 heteroatoms. The van der Waals surface area contributed by atoms with Crippen LogP contribution in [0.25, 0.3) is 0 Å². The van der Waals surface area contributed by atoms with Gasteiger partial charge in [0.1, 0.15) is 5.82 Å². The summed E-state index contributed by atoms with van der Waals surface area (Å²) in [5.74, 6) is 1.22. The lowest BCUT2D eigenvalue weighted by atomic mass is 10.3. The lowest BCUT2D eigenvalue weighted by molar-refractivity contribution is -0.115. The molecule has 3 heterocycles. The van der Waals surface area contributed by atoms with E-state index in [9.17, 15) is 4.79 Å². The average molecular weight is 303 g/mol. The molecule has 1 aliphatic rings. The van der Waals surface area contributed by atoms with Gasteiger partial charge in [-0.25, -0.2) is 9.67 Å². The van der Waals surface area contributed by atoms with Gasteiger partial charge in [-0.2, -0.15) is 0 Å². The van der Waals surface area contributed by atoms with Gasteiger partial charge in [-0.05, 0) is 22.6 Å². The zero-order valence-electron chi connectivity index (χ0n) is 12.3. The van der Waals surface area contributed by atoms with E-state index in [2.05, 4.69) is 30.7 Å². The molecule has 0 unspecified atom stereocenters. The van der Waals surface area contributed by atoms with Crippen LogP contribution in [0, 0.1) is 0 Å². The molecule has 2 aromatic heterocycles. The van der Waals surface area contributed by atoms with Crippen LogP contribution in [0.4, 0.5) is 11.5 Å². The molecule has 9 nitrogen and oxygen atoms in total. The molecule has 116 valence electrons. The number of ether oxygens (including phenoxy) is 1. The fourth-order valence-corrected chi connectivity index (χ4v) is 2.19. The summed E-state index contributed by atoms with van der Waals surface area (Å²) in [5.41, 5.74) is 0.650. The topological polar surface area (TPSA) is 98.1 Å². The Morgan fingerprint density at radius 3 is 2.82 bits per heavy atom. The van der Waals surface area contributed by atoms with Crippen LogP contribution >= 0.6 is 0 Å². The Labute approximate surface area is 127 Å². The maximum Gasteiger partial charge on any atom is 0.232 e. The predicted molar refractivity (Wildman–Crippen MR) is 78.4 cm³/mol. The second-order valence-corrected chi connectivity index (χ2v) is 4.95. The monoisotopic (exact) mass is 303 g/mol. The van der Waals surface area contributed by atoms with E-state index >= 15 is 0 Å². The number of aromatic nitrogens is 5. The van der Waals surface area contributed by atoms with Crippen LogP contribution in [0.2, 0.25) is 0 Å². The van der Waals surface area contributed by atoms with E-state index in [1.807, 2.05) is 12.1 Å². The van der Waals surface area contributed by atoms with Crippen LogP contribution < -0.4 is 10.2 Å². The third-order valence-corrected chi connectivity index (χ3v) is 3.39. The van der Waals surface area contributed by atoms with Crippen LogP contribution in [-0.2, 0) is 23.0 Å². The number of rotatable bonds is 4. The van der Waals surface area contributed by atoms with E-state index in [1.54, 1.807) is 13.2 Å². The zero-order valence-corrected chi connectivity index (χ0v) is 12.3. The molecule has 0 aromatic carbocycles. The predicted octanol–water partition coefficient (Wildman–Crippen LogP) is -0.377. The minimum absolute atomic E-state index is 0.120. The van der Waals surface area contributed by atoms with Gasteiger partial charge in [-0.1, -0.05) is 0 Å². The third kappa shape index (κ3) is 3.37. The van der Waals surface area contributed by atoms with E-state index in [-0.39, 0.29) is 12.3 Å². The van der Waals surface area contributed by atoms with Crippen molar-refractivity contribution in [3.05, 3.63) is 24.2 Å². The Morgan fingerprint density at radius 2 is 2.18 bits per heavy atom. The van der Waals surface area contributed by atoms with Gasteiger partial charge < -0.3 is 15.0 Å². The molecular formula is C13H17N7O2. The summed E-state index contributed by atoms with van der Waals surface area (Å²) in [6.07, 6.45) is 1.77. The van der Waals surface area contributed by atoms with Crippen molar-refractivity contribution in [2.75, 3.05) is 36.5 Å². The molecule has 22 heavy (non-hydrogen) atoms.